The van der Waals surface area contributed by atoms with Gasteiger partial charge in [0.1, 0.15) is 5.92 Å². The topological polar surface area (TPSA) is 40.9 Å². The molecule has 0 aliphatic heterocycles. The van der Waals surface area contributed by atoms with E-state index < -0.39 is 5.92 Å². The van der Waals surface area contributed by atoms with Gasteiger partial charge in [-0.1, -0.05) is 18.2 Å². The molecule has 1 saturated carbocycles. The average Bonchev–Trinajstić information content (AvgIpc) is 3.07. The Morgan fingerprint density at radius 3 is 2.56 bits per heavy atom. The lowest BCUT2D eigenvalue weighted by molar-refractivity contribution is -0.120. The van der Waals surface area contributed by atoms with Crippen molar-refractivity contribution < 1.29 is 4.79 Å². The van der Waals surface area contributed by atoms with Crippen LogP contribution in [0.25, 0.3) is 0 Å². The number of rotatable bonds is 3. The summed E-state index contributed by atoms with van der Waals surface area (Å²) in [6.45, 7) is 4.04. The fourth-order valence-corrected chi connectivity index (χ4v) is 1.85. The van der Waals surface area contributed by atoms with E-state index in [2.05, 4.69) is 6.07 Å². The van der Waals surface area contributed by atoms with E-state index in [1.165, 1.54) is 5.56 Å². The van der Waals surface area contributed by atoms with Gasteiger partial charge >= 0.3 is 0 Å². The van der Waals surface area contributed by atoms with Crippen molar-refractivity contribution >= 4 is 5.78 Å². The summed E-state index contributed by atoms with van der Waals surface area (Å²) in [5.41, 5.74) is 3.18. The molecule has 1 aliphatic rings. The number of nitriles is 1. The number of carbonyl (C=O) groups is 1. The van der Waals surface area contributed by atoms with E-state index in [1.807, 2.05) is 32.0 Å². The van der Waals surface area contributed by atoms with Crippen LogP contribution < -0.4 is 0 Å². The summed E-state index contributed by atoms with van der Waals surface area (Å²) < 4.78 is 0. The molecule has 0 heterocycles. The fourth-order valence-electron chi connectivity index (χ4n) is 1.85. The van der Waals surface area contributed by atoms with E-state index >= 15 is 0 Å². The highest BCUT2D eigenvalue weighted by Crippen LogP contribution is 2.35. The van der Waals surface area contributed by atoms with Crippen LogP contribution >= 0.6 is 0 Å². The Morgan fingerprint density at radius 2 is 2.06 bits per heavy atom. The highest BCUT2D eigenvalue weighted by molar-refractivity contribution is 5.92. The lowest BCUT2D eigenvalue weighted by Crippen LogP contribution is -2.12. The molecule has 1 unspecified atom stereocenters. The third kappa shape index (κ3) is 1.99. The highest BCUT2D eigenvalue weighted by atomic mass is 16.1. The van der Waals surface area contributed by atoms with Crippen molar-refractivity contribution in [2.75, 3.05) is 0 Å². The summed E-state index contributed by atoms with van der Waals surface area (Å²) in [6, 6.07) is 7.98. The molecule has 0 saturated heterocycles. The maximum Gasteiger partial charge on any atom is 0.157 e. The quantitative estimate of drug-likeness (QED) is 0.774. The summed E-state index contributed by atoms with van der Waals surface area (Å²) in [6.07, 6.45) is 1.92. The van der Waals surface area contributed by atoms with Crippen molar-refractivity contribution in [3.05, 3.63) is 34.9 Å². The van der Waals surface area contributed by atoms with Crippen LogP contribution in [0, 0.1) is 31.1 Å². The van der Waals surface area contributed by atoms with Gasteiger partial charge in [0.15, 0.2) is 5.78 Å². The number of aryl methyl sites for hydroxylation is 2. The van der Waals surface area contributed by atoms with E-state index in [4.69, 9.17) is 5.26 Å². The minimum absolute atomic E-state index is 0.103. The number of carbonyl (C=O) groups excluding carboxylic acids is 1. The van der Waals surface area contributed by atoms with Crippen LogP contribution in [-0.2, 0) is 4.79 Å². The Labute approximate surface area is 95.9 Å². The fraction of sp³-hybridized carbons (Fsp3) is 0.429. The third-order valence-electron chi connectivity index (χ3n) is 3.26. The summed E-state index contributed by atoms with van der Waals surface area (Å²) in [7, 11) is 0. The molecule has 0 radical (unpaired) electrons. The molecule has 2 rings (SSSR count). The molecule has 16 heavy (non-hydrogen) atoms. The van der Waals surface area contributed by atoms with Gasteiger partial charge in [0.2, 0.25) is 0 Å². The summed E-state index contributed by atoms with van der Waals surface area (Å²) >= 11 is 0. The maximum atomic E-state index is 11.9. The first kappa shape index (κ1) is 10.9. The molecule has 1 fully saturated rings. The lowest BCUT2D eigenvalue weighted by Gasteiger charge is -2.09. The van der Waals surface area contributed by atoms with Gasteiger partial charge in [-0.15, -0.1) is 0 Å². The summed E-state index contributed by atoms with van der Waals surface area (Å²) in [5.74, 6) is -0.316. The SMILES string of the molecule is Cc1ccc(C(C#N)C(=O)C2CC2)cc1C. The molecule has 0 bridgehead atoms. The standard InChI is InChI=1S/C14H15NO/c1-9-3-4-12(7-10(9)2)13(8-15)14(16)11-5-6-11/h3-4,7,11,13H,5-6H2,1-2H3. The van der Waals surface area contributed by atoms with Crippen LogP contribution in [-0.4, -0.2) is 5.78 Å². The zero-order valence-corrected chi connectivity index (χ0v) is 9.66. The number of hydrogen-bond donors (Lipinski definition) is 0. The van der Waals surface area contributed by atoms with Gasteiger partial charge in [0.05, 0.1) is 6.07 Å². The van der Waals surface area contributed by atoms with Gasteiger partial charge in [-0.25, -0.2) is 0 Å². The third-order valence-corrected chi connectivity index (χ3v) is 3.26. The summed E-state index contributed by atoms with van der Waals surface area (Å²) in [5, 5.41) is 9.12. The first-order chi connectivity index (χ1) is 7.63. The van der Waals surface area contributed by atoms with E-state index in [0.717, 1.165) is 24.0 Å². The van der Waals surface area contributed by atoms with Gasteiger partial charge in [-0.05, 0) is 43.4 Å². The predicted octanol–water partition coefficient (Wildman–Crippen LogP) is 2.89. The molecule has 2 heteroatoms. The number of ketones is 1. The van der Waals surface area contributed by atoms with Gasteiger partial charge in [0, 0.05) is 5.92 Å². The van der Waals surface area contributed by atoms with Crippen LogP contribution in [0.1, 0.15) is 35.4 Å². The zero-order valence-electron chi connectivity index (χ0n) is 9.66. The lowest BCUT2D eigenvalue weighted by atomic mass is 9.91. The minimum Gasteiger partial charge on any atom is -0.298 e. The molecular weight excluding hydrogens is 198 g/mol. The van der Waals surface area contributed by atoms with Crippen molar-refractivity contribution in [2.45, 2.75) is 32.6 Å². The molecule has 82 valence electrons. The van der Waals surface area contributed by atoms with Crippen LogP contribution in [0.5, 0.6) is 0 Å². The number of nitrogens with zero attached hydrogens (tertiary/aromatic N) is 1. The molecule has 0 N–H and O–H groups in total. The molecular formula is C14H15NO. The van der Waals surface area contributed by atoms with E-state index in [-0.39, 0.29) is 11.7 Å². The second-order valence-electron chi connectivity index (χ2n) is 4.58. The molecule has 1 aromatic carbocycles. The van der Waals surface area contributed by atoms with Crippen LogP contribution in [0.2, 0.25) is 0 Å². The molecule has 1 aliphatic carbocycles. The molecule has 1 aromatic rings. The Balaban J connectivity index is 2.30. The van der Waals surface area contributed by atoms with Crippen molar-refractivity contribution in [3.8, 4) is 6.07 Å². The van der Waals surface area contributed by atoms with Crippen molar-refractivity contribution in [3.63, 3.8) is 0 Å². The monoisotopic (exact) mass is 213 g/mol. The second-order valence-corrected chi connectivity index (χ2v) is 4.58. The highest BCUT2D eigenvalue weighted by Gasteiger charge is 2.35. The van der Waals surface area contributed by atoms with E-state index in [0.29, 0.717) is 0 Å². The van der Waals surface area contributed by atoms with Gasteiger partial charge in [0.25, 0.3) is 0 Å². The first-order valence-electron chi connectivity index (χ1n) is 5.64. The second kappa shape index (κ2) is 4.09. The predicted molar refractivity (Wildman–Crippen MR) is 62.0 cm³/mol. The smallest absolute Gasteiger partial charge is 0.157 e. The Morgan fingerprint density at radius 1 is 1.38 bits per heavy atom. The van der Waals surface area contributed by atoms with Crippen LogP contribution in [0.4, 0.5) is 0 Å². The molecule has 1 atom stereocenters. The van der Waals surface area contributed by atoms with Crippen molar-refractivity contribution in [1.82, 2.24) is 0 Å². The zero-order chi connectivity index (χ0) is 11.7. The largest absolute Gasteiger partial charge is 0.298 e. The van der Waals surface area contributed by atoms with Crippen molar-refractivity contribution in [1.29, 1.82) is 5.26 Å². The number of benzene rings is 1. The van der Waals surface area contributed by atoms with Crippen LogP contribution in [0.3, 0.4) is 0 Å². The Kier molecular flexibility index (Phi) is 2.78. The summed E-state index contributed by atoms with van der Waals surface area (Å²) in [4.78, 5) is 11.9. The maximum absolute atomic E-state index is 11.9. The molecule has 0 spiro atoms. The van der Waals surface area contributed by atoms with Gasteiger partial charge in [-0.3, -0.25) is 4.79 Å². The van der Waals surface area contributed by atoms with Gasteiger partial charge < -0.3 is 0 Å². The number of Topliss-reactive ketones (excluding diaryl/α,β-unsaturated/α-hetero) is 1. The number of hydrogen-bond acceptors (Lipinski definition) is 2. The minimum atomic E-state index is -0.563. The van der Waals surface area contributed by atoms with E-state index in [9.17, 15) is 4.79 Å². The molecule has 0 amide bonds. The normalized spacial score (nSPS) is 16.6. The van der Waals surface area contributed by atoms with Crippen LogP contribution in [0.15, 0.2) is 18.2 Å². The molecule has 0 aromatic heterocycles. The average molecular weight is 213 g/mol. The van der Waals surface area contributed by atoms with Gasteiger partial charge in [-0.2, -0.15) is 5.26 Å². The molecule has 2 nitrogen and oxygen atoms in total. The van der Waals surface area contributed by atoms with Crippen molar-refractivity contribution in [2.24, 2.45) is 5.92 Å². The first-order valence-corrected chi connectivity index (χ1v) is 5.64. The Bertz CT molecular complexity index is 466. The Hall–Kier alpha value is -1.62. The van der Waals surface area contributed by atoms with E-state index in [1.54, 1.807) is 0 Å².